The normalized spacial score (nSPS) is 15.6. The molecule has 10 heteroatoms. The molecule has 0 unspecified atom stereocenters. The summed E-state index contributed by atoms with van der Waals surface area (Å²) in [4.78, 5) is 34.1. The number of carbonyl (C=O) groups is 2. The van der Waals surface area contributed by atoms with Gasteiger partial charge in [-0.05, 0) is 12.1 Å². The highest BCUT2D eigenvalue weighted by molar-refractivity contribution is 8.14. The van der Waals surface area contributed by atoms with Gasteiger partial charge in [-0.3, -0.25) is 19.7 Å². The molecule has 0 fully saturated rings. The van der Waals surface area contributed by atoms with Crippen LogP contribution in [0.4, 0.5) is 5.69 Å². The number of ether oxygens (including phenoxy) is 1. The number of nitro groups is 1. The van der Waals surface area contributed by atoms with Crippen molar-refractivity contribution < 1.29 is 19.2 Å². The zero-order valence-electron chi connectivity index (χ0n) is 15.7. The summed E-state index contributed by atoms with van der Waals surface area (Å²) in [5.41, 5.74) is 1.07. The predicted octanol–water partition coefficient (Wildman–Crippen LogP) is 3.17. The number of rotatable bonds is 5. The second-order valence-corrected chi connectivity index (χ2v) is 7.20. The molecule has 9 nitrogen and oxygen atoms in total. The Morgan fingerprint density at radius 1 is 1.21 bits per heavy atom. The van der Waals surface area contributed by atoms with Crippen LogP contribution in [-0.4, -0.2) is 26.9 Å². The zero-order chi connectivity index (χ0) is 21.0. The van der Waals surface area contributed by atoms with Gasteiger partial charge in [0.15, 0.2) is 5.17 Å². The van der Waals surface area contributed by atoms with E-state index in [0.29, 0.717) is 22.0 Å². The molecule has 1 N–H and O–H groups in total. The van der Waals surface area contributed by atoms with Gasteiger partial charge in [0.25, 0.3) is 5.69 Å². The molecule has 150 valence electrons. The monoisotopic (exact) mass is 414 g/mol. The van der Waals surface area contributed by atoms with Crippen molar-refractivity contribution in [2.75, 3.05) is 0 Å². The summed E-state index contributed by atoms with van der Waals surface area (Å²) in [5, 5.41) is 19.0. The van der Waals surface area contributed by atoms with Crippen molar-refractivity contribution in [2.24, 2.45) is 5.10 Å². The topological polar surface area (TPSA) is 114 Å². The van der Waals surface area contributed by atoms with Crippen molar-refractivity contribution in [1.29, 1.82) is 0 Å². The SMILES string of the molecule is CC(=O)NC1=NN(C(C)=O)[C@@H](c2ccccc2OCc2ccccc2[N+](=O)[O-])S1. The summed E-state index contributed by atoms with van der Waals surface area (Å²) in [7, 11) is 0. The summed E-state index contributed by atoms with van der Waals surface area (Å²) in [5.74, 6) is -0.119. The van der Waals surface area contributed by atoms with Crippen LogP contribution in [0.3, 0.4) is 0 Å². The number of thioether (sulfide) groups is 1. The maximum atomic E-state index is 12.0. The van der Waals surface area contributed by atoms with E-state index in [-0.39, 0.29) is 24.1 Å². The van der Waals surface area contributed by atoms with E-state index in [1.165, 1.54) is 36.7 Å². The van der Waals surface area contributed by atoms with Crippen molar-refractivity contribution in [3.8, 4) is 5.75 Å². The Kier molecular flexibility index (Phi) is 6.13. The standard InChI is InChI=1S/C19H18N4O5S/c1-12(24)20-19-21-22(13(2)25)18(29-19)15-8-4-6-10-17(15)28-11-14-7-3-5-9-16(14)23(26)27/h3-10,18H,11H2,1-2H3,(H,20,21,24)/t18-/m1/s1. The van der Waals surface area contributed by atoms with Gasteiger partial charge in [-0.25, -0.2) is 5.01 Å². The van der Waals surface area contributed by atoms with Crippen LogP contribution >= 0.6 is 11.8 Å². The van der Waals surface area contributed by atoms with E-state index in [1.54, 1.807) is 42.5 Å². The number of benzene rings is 2. The van der Waals surface area contributed by atoms with Crippen molar-refractivity contribution in [3.05, 3.63) is 69.8 Å². The second-order valence-electron chi connectivity index (χ2n) is 6.13. The molecule has 2 amide bonds. The fourth-order valence-corrected chi connectivity index (χ4v) is 3.91. The minimum absolute atomic E-state index is 0.00889. The van der Waals surface area contributed by atoms with E-state index in [1.807, 2.05) is 0 Å². The molecule has 0 aromatic heterocycles. The lowest BCUT2D eigenvalue weighted by atomic mass is 10.1. The summed E-state index contributed by atoms with van der Waals surface area (Å²) < 4.78 is 5.88. The third kappa shape index (κ3) is 4.72. The molecule has 0 bridgehead atoms. The van der Waals surface area contributed by atoms with E-state index in [0.717, 1.165) is 0 Å². The zero-order valence-corrected chi connectivity index (χ0v) is 16.5. The minimum atomic E-state index is -0.531. The molecule has 0 radical (unpaired) electrons. The van der Waals surface area contributed by atoms with Gasteiger partial charge in [-0.15, -0.1) is 5.10 Å². The number of amides is 2. The molecule has 0 aliphatic carbocycles. The molecule has 2 aromatic rings. The molecular weight excluding hydrogens is 396 g/mol. The third-order valence-electron chi connectivity index (χ3n) is 4.01. The van der Waals surface area contributed by atoms with Gasteiger partial charge >= 0.3 is 0 Å². The van der Waals surface area contributed by atoms with E-state index in [9.17, 15) is 19.7 Å². The highest BCUT2D eigenvalue weighted by atomic mass is 32.2. The summed E-state index contributed by atoms with van der Waals surface area (Å²) in [6.45, 7) is 2.73. The van der Waals surface area contributed by atoms with Crippen molar-refractivity contribution in [2.45, 2.75) is 25.8 Å². The Hall–Kier alpha value is -3.40. The van der Waals surface area contributed by atoms with Crippen molar-refractivity contribution in [3.63, 3.8) is 0 Å². The fourth-order valence-electron chi connectivity index (χ4n) is 2.75. The van der Waals surface area contributed by atoms with Crippen LogP contribution < -0.4 is 10.1 Å². The van der Waals surface area contributed by atoms with Gasteiger partial charge in [0.05, 0.1) is 10.5 Å². The first-order valence-electron chi connectivity index (χ1n) is 8.63. The Labute approximate surface area is 170 Å². The van der Waals surface area contributed by atoms with E-state index >= 15 is 0 Å². The van der Waals surface area contributed by atoms with Crippen LogP contribution in [0.15, 0.2) is 53.6 Å². The van der Waals surface area contributed by atoms with Gasteiger partial charge in [-0.2, -0.15) is 0 Å². The van der Waals surface area contributed by atoms with Crippen LogP contribution in [0, 0.1) is 10.1 Å². The average molecular weight is 414 g/mol. The van der Waals surface area contributed by atoms with Gasteiger partial charge < -0.3 is 10.1 Å². The number of carbonyl (C=O) groups excluding carboxylic acids is 2. The van der Waals surface area contributed by atoms with Crippen molar-refractivity contribution >= 4 is 34.4 Å². The minimum Gasteiger partial charge on any atom is -0.488 e. The molecule has 1 atom stereocenters. The molecule has 3 rings (SSSR count). The molecule has 0 saturated heterocycles. The summed E-state index contributed by atoms with van der Waals surface area (Å²) in [6, 6.07) is 13.4. The maximum Gasteiger partial charge on any atom is 0.276 e. The van der Waals surface area contributed by atoms with Crippen LogP contribution in [-0.2, 0) is 16.2 Å². The van der Waals surface area contributed by atoms with Gasteiger partial charge in [0.2, 0.25) is 11.8 Å². The summed E-state index contributed by atoms with van der Waals surface area (Å²) in [6.07, 6.45) is 0. The van der Waals surface area contributed by atoms with Crippen LogP contribution in [0.1, 0.15) is 30.3 Å². The van der Waals surface area contributed by atoms with Crippen LogP contribution in [0.5, 0.6) is 5.75 Å². The number of amidine groups is 1. The number of hydrogen-bond donors (Lipinski definition) is 1. The largest absolute Gasteiger partial charge is 0.488 e. The average Bonchev–Trinajstić information content (AvgIpc) is 3.10. The number of para-hydroxylation sites is 2. The Balaban J connectivity index is 1.85. The molecule has 1 aliphatic heterocycles. The Morgan fingerprint density at radius 2 is 1.90 bits per heavy atom. The van der Waals surface area contributed by atoms with Gasteiger partial charge in [0.1, 0.15) is 17.7 Å². The van der Waals surface area contributed by atoms with Gasteiger partial charge in [-0.1, -0.05) is 42.1 Å². The highest BCUT2D eigenvalue weighted by Crippen LogP contribution is 2.42. The number of nitrogens with zero attached hydrogens (tertiary/aromatic N) is 3. The van der Waals surface area contributed by atoms with E-state index in [4.69, 9.17) is 4.74 Å². The number of nitro benzene ring substituents is 1. The predicted molar refractivity (Wildman–Crippen MR) is 108 cm³/mol. The fraction of sp³-hybridized carbons (Fsp3) is 0.211. The lowest BCUT2D eigenvalue weighted by Crippen LogP contribution is -2.25. The van der Waals surface area contributed by atoms with Crippen LogP contribution in [0.2, 0.25) is 0 Å². The number of nitrogens with one attached hydrogen (secondary N) is 1. The van der Waals surface area contributed by atoms with Gasteiger partial charge in [0, 0.05) is 25.5 Å². The smallest absolute Gasteiger partial charge is 0.276 e. The number of hydrogen-bond acceptors (Lipinski definition) is 7. The molecule has 1 heterocycles. The molecule has 1 aliphatic rings. The first-order valence-corrected chi connectivity index (χ1v) is 9.51. The van der Waals surface area contributed by atoms with E-state index < -0.39 is 10.3 Å². The first kappa shape index (κ1) is 20.3. The third-order valence-corrected chi connectivity index (χ3v) is 5.09. The maximum absolute atomic E-state index is 12.0. The quantitative estimate of drug-likeness (QED) is 0.594. The van der Waals surface area contributed by atoms with Crippen molar-refractivity contribution in [1.82, 2.24) is 10.3 Å². The van der Waals surface area contributed by atoms with E-state index in [2.05, 4.69) is 10.4 Å². The summed E-state index contributed by atoms with van der Waals surface area (Å²) >= 11 is 1.21. The molecule has 0 saturated carbocycles. The number of hydrazone groups is 1. The van der Waals surface area contributed by atoms with Crippen LogP contribution in [0.25, 0.3) is 0 Å². The second kappa shape index (κ2) is 8.74. The highest BCUT2D eigenvalue weighted by Gasteiger charge is 2.34. The molecular formula is C19H18N4O5S. The first-order chi connectivity index (χ1) is 13.9. The Morgan fingerprint density at radius 3 is 2.59 bits per heavy atom. The lowest BCUT2D eigenvalue weighted by molar-refractivity contribution is -0.385. The lowest BCUT2D eigenvalue weighted by Gasteiger charge is -2.21. The molecule has 29 heavy (non-hydrogen) atoms. The molecule has 2 aromatic carbocycles. The molecule has 0 spiro atoms. The Bertz CT molecular complexity index is 994.